The molecule has 0 aromatic heterocycles. The molecular weight excluding hydrogens is 254 g/mol. The van der Waals surface area contributed by atoms with E-state index in [0.717, 1.165) is 17.9 Å². The Balaban J connectivity index is 1.90. The van der Waals surface area contributed by atoms with Gasteiger partial charge in [0.15, 0.2) is 0 Å². The van der Waals surface area contributed by atoms with Crippen molar-refractivity contribution in [2.45, 2.75) is 23.8 Å². The third-order valence-electron chi connectivity index (χ3n) is 2.92. The summed E-state index contributed by atoms with van der Waals surface area (Å²) >= 11 is 1.83. The number of aliphatic hydroxyl groups excluding tert-OH is 1. The summed E-state index contributed by atoms with van der Waals surface area (Å²) in [6, 6.07) is 16.8. The van der Waals surface area contributed by atoms with Crippen LogP contribution in [0.15, 0.2) is 53.4 Å². The number of aliphatic hydroxyl groups is 1. The molecule has 0 heterocycles. The summed E-state index contributed by atoms with van der Waals surface area (Å²) in [5.41, 5.74) is 3.55. The van der Waals surface area contributed by atoms with Crippen LogP contribution in [0.2, 0.25) is 0 Å². The second-order valence-electron chi connectivity index (χ2n) is 4.44. The van der Waals surface area contributed by atoms with Gasteiger partial charge in [0.2, 0.25) is 0 Å². The molecule has 2 aromatic carbocycles. The first-order valence-electron chi connectivity index (χ1n) is 6.37. The molecule has 100 valence electrons. The molecule has 2 rings (SSSR count). The minimum atomic E-state index is 0.111. The highest BCUT2D eigenvalue weighted by atomic mass is 32.2. The predicted molar refractivity (Wildman–Crippen MR) is 81.1 cm³/mol. The van der Waals surface area contributed by atoms with Gasteiger partial charge in [-0.3, -0.25) is 0 Å². The zero-order chi connectivity index (χ0) is 13.5. The van der Waals surface area contributed by atoms with Crippen LogP contribution in [0, 0.1) is 0 Å². The molecule has 0 bridgehead atoms. The van der Waals surface area contributed by atoms with Crippen molar-refractivity contribution < 1.29 is 5.11 Å². The lowest BCUT2D eigenvalue weighted by Gasteiger charge is -2.05. The van der Waals surface area contributed by atoms with Crippen LogP contribution < -0.4 is 5.32 Å². The summed E-state index contributed by atoms with van der Waals surface area (Å²) in [4.78, 5) is 1.28. The zero-order valence-corrected chi connectivity index (χ0v) is 11.9. The summed E-state index contributed by atoms with van der Waals surface area (Å²) in [5.74, 6) is 0.955. The molecule has 2 nitrogen and oxygen atoms in total. The standard InChI is InChI=1S/C16H19NOS/c1-17-10-13-6-8-16(9-7-13)19-12-15-4-2-14(11-18)3-5-15/h2-9,17-18H,10-12H2,1H3. The maximum Gasteiger partial charge on any atom is 0.0681 e. The van der Waals surface area contributed by atoms with Crippen LogP contribution >= 0.6 is 11.8 Å². The quantitative estimate of drug-likeness (QED) is 0.793. The molecule has 0 saturated heterocycles. The highest BCUT2D eigenvalue weighted by molar-refractivity contribution is 7.98. The maximum absolute atomic E-state index is 9.00. The van der Waals surface area contributed by atoms with E-state index in [0.29, 0.717) is 0 Å². The lowest BCUT2D eigenvalue weighted by molar-refractivity contribution is 0.282. The van der Waals surface area contributed by atoms with Gasteiger partial charge < -0.3 is 10.4 Å². The Bertz CT molecular complexity index is 493. The normalized spacial score (nSPS) is 10.6. The van der Waals surface area contributed by atoms with Crippen molar-refractivity contribution in [3.63, 3.8) is 0 Å². The SMILES string of the molecule is CNCc1ccc(SCc2ccc(CO)cc2)cc1. The maximum atomic E-state index is 9.00. The fraction of sp³-hybridized carbons (Fsp3) is 0.250. The lowest BCUT2D eigenvalue weighted by atomic mass is 10.2. The van der Waals surface area contributed by atoms with Gasteiger partial charge in [0.25, 0.3) is 0 Å². The molecule has 0 radical (unpaired) electrons. The minimum Gasteiger partial charge on any atom is -0.392 e. The highest BCUT2D eigenvalue weighted by Gasteiger charge is 1.98. The Labute approximate surface area is 118 Å². The van der Waals surface area contributed by atoms with Gasteiger partial charge in [-0.2, -0.15) is 0 Å². The average Bonchev–Trinajstić information content (AvgIpc) is 2.47. The fourth-order valence-corrected chi connectivity index (χ4v) is 2.67. The molecule has 0 unspecified atom stereocenters. The third-order valence-corrected chi connectivity index (χ3v) is 4.00. The molecule has 0 amide bonds. The number of rotatable bonds is 6. The van der Waals surface area contributed by atoms with E-state index < -0.39 is 0 Å². The predicted octanol–water partition coefficient (Wildman–Crippen LogP) is 3.19. The van der Waals surface area contributed by atoms with E-state index in [4.69, 9.17) is 5.11 Å². The summed E-state index contributed by atoms with van der Waals surface area (Å²) in [6.07, 6.45) is 0. The van der Waals surface area contributed by atoms with Gasteiger partial charge in [0.05, 0.1) is 6.61 Å². The fourth-order valence-electron chi connectivity index (χ4n) is 1.82. The first kappa shape index (κ1) is 14.1. The van der Waals surface area contributed by atoms with Crippen molar-refractivity contribution in [3.05, 3.63) is 65.2 Å². The largest absolute Gasteiger partial charge is 0.392 e. The monoisotopic (exact) mass is 273 g/mol. The number of hydrogen-bond acceptors (Lipinski definition) is 3. The Morgan fingerprint density at radius 3 is 2.05 bits per heavy atom. The van der Waals surface area contributed by atoms with Crippen molar-refractivity contribution in [1.29, 1.82) is 0 Å². The van der Waals surface area contributed by atoms with E-state index in [9.17, 15) is 0 Å². The van der Waals surface area contributed by atoms with Crippen molar-refractivity contribution >= 4 is 11.8 Å². The van der Waals surface area contributed by atoms with Crippen molar-refractivity contribution in [3.8, 4) is 0 Å². The van der Waals surface area contributed by atoms with Gasteiger partial charge in [-0.25, -0.2) is 0 Å². The van der Waals surface area contributed by atoms with Crippen LogP contribution in [-0.2, 0) is 18.9 Å². The van der Waals surface area contributed by atoms with Crippen LogP contribution in [0.25, 0.3) is 0 Å². The van der Waals surface area contributed by atoms with Crippen LogP contribution in [0.3, 0.4) is 0 Å². The van der Waals surface area contributed by atoms with Gasteiger partial charge in [0, 0.05) is 17.2 Å². The zero-order valence-electron chi connectivity index (χ0n) is 11.1. The number of benzene rings is 2. The van der Waals surface area contributed by atoms with Crippen molar-refractivity contribution in [2.75, 3.05) is 7.05 Å². The van der Waals surface area contributed by atoms with E-state index in [2.05, 4.69) is 41.7 Å². The van der Waals surface area contributed by atoms with Crippen molar-refractivity contribution in [1.82, 2.24) is 5.32 Å². The molecule has 0 aliphatic heterocycles. The molecule has 0 aliphatic rings. The Hall–Kier alpha value is -1.29. The summed E-state index contributed by atoms with van der Waals surface area (Å²) in [7, 11) is 1.96. The number of thioether (sulfide) groups is 1. The van der Waals surface area contributed by atoms with Crippen LogP contribution in [0.1, 0.15) is 16.7 Å². The molecule has 3 heteroatoms. The molecular formula is C16H19NOS. The summed E-state index contributed by atoms with van der Waals surface area (Å²) < 4.78 is 0. The molecule has 0 atom stereocenters. The van der Waals surface area contributed by atoms with Gasteiger partial charge in [0.1, 0.15) is 0 Å². The van der Waals surface area contributed by atoms with E-state index in [1.807, 2.05) is 30.9 Å². The van der Waals surface area contributed by atoms with Gasteiger partial charge in [-0.05, 0) is 35.9 Å². The topological polar surface area (TPSA) is 32.3 Å². The summed E-state index contributed by atoms with van der Waals surface area (Å²) in [6.45, 7) is 1.02. The molecule has 0 aliphatic carbocycles. The van der Waals surface area contributed by atoms with Crippen LogP contribution in [0.5, 0.6) is 0 Å². The van der Waals surface area contributed by atoms with Gasteiger partial charge in [-0.15, -0.1) is 11.8 Å². The van der Waals surface area contributed by atoms with Gasteiger partial charge >= 0.3 is 0 Å². The molecule has 2 aromatic rings. The second kappa shape index (κ2) is 7.34. The minimum absolute atomic E-state index is 0.111. The van der Waals surface area contributed by atoms with Crippen molar-refractivity contribution in [2.24, 2.45) is 0 Å². The van der Waals surface area contributed by atoms with Gasteiger partial charge in [-0.1, -0.05) is 36.4 Å². The first-order chi connectivity index (χ1) is 9.31. The Morgan fingerprint density at radius 1 is 0.895 bits per heavy atom. The van der Waals surface area contributed by atoms with Crippen LogP contribution in [-0.4, -0.2) is 12.2 Å². The Kier molecular flexibility index (Phi) is 5.45. The number of hydrogen-bond donors (Lipinski definition) is 2. The van der Waals surface area contributed by atoms with E-state index in [-0.39, 0.29) is 6.61 Å². The molecule has 2 N–H and O–H groups in total. The lowest BCUT2D eigenvalue weighted by Crippen LogP contribution is -2.04. The summed E-state index contributed by atoms with van der Waals surface area (Å²) in [5, 5.41) is 12.1. The third kappa shape index (κ3) is 4.39. The highest BCUT2D eigenvalue weighted by Crippen LogP contribution is 2.23. The average molecular weight is 273 g/mol. The number of nitrogens with one attached hydrogen (secondary N) is 1. The van der Waals surface area contributed by atoms with Crippen LogP contribution in [0.4, 0.5) is 0 Å². The molecule has 0 fully saturated rings. The van der Waals surface area contributed by atoms with E-state index in [1.165, 1.54) is 16.0 Å². The molecule has 19 heavy (non-hydrogen) atoms. The smallest absolute Gasteiger partial charge is 0.0681 e. The first-order valence-corrected chi connectivity index (χ1v) is 7.35. The Morgan fingerprint density at radius 2 is 1.47 bits per heavy atom. The second-order valence-corrected chi connectivity index (χ2v) is 5.49. The molecule has 0 spiro atoms. The van der Waals surface area contributed by atoms with E-state index in [1.54, 1.807) is 0 Å². The molecule has 0 saturated carbocycles. The van der Waals surface area contributed by atoms with E-state index >= 15 is 0 Å².